The minimum absolute atomic E-state index is 0.597. The molecule has 0 heterocycles. The van der Waals surface area contributed by atoms with Gasteiger partial charge < -0.3 is 5.32 Å². The molecular weight excluding hydrogens is 254 g/mol. The Bertz CT molecular complexity index is 390. The van der Waals surface area contributed by atoms with Crippen LogP contribution in [0.5, 0.6) is 0 Å². The predicted octanol–water partition coefficient (Wildman–Crippen LogP) is 5.23. The maximum atomic E-state index is 3.88. The fourth-order valence-corrected chi connectivity index (χ4v) is 4.33. The highest BCUT2D eigenvalue weighted by Crippen LogP contribution is 2.38. The van der Waals surface area contributed by atoms with Crippen LogP contribution in [-0.2, 0) is 0 Å². The Hall–Kier alpha value is -0.820. The van der Waals surface area contributed by atoms with E-state index < -0.39 is 0 Å². The Morgan fingerprint density at radius 1 is 1.05 bits per heavy atom. The summed E-state index contributed by atoms with van der Waals surface area (Å²) in [6, 6.07) is 11.7. The van der Waals surface area contributed by atoms with Gasteiger partial charge in [0.05, 0.1) is 0 Å². The minimum Gasteiger partial charge on any atom is -0.313 e. The van der Waals surface area contributed by atoms with Crippen LogP contribution >= 0.6 is 0 Å². The van der Waals surface area contributed by atoms with Gasteiger partial charge in [-0.25, -0.2) is 0 Å². The van der Waals surface area contributed by atoms with Crippen LogP contribution in [0.4, 0.5) is 0 Å². The zero-order chi connectivity index (χ0) is 15.2. The van der Waals surface area contributed by atoms with E-state index >= 15 is 0 Å². The van der Waals surface area contributed by atoms with Crippen LogP contribution in [0.3, 0.4) is 0 Å². The number of nitrogens with one attached hydrogen (secondary N) is 1. The van der Waals surface area contributed by atoms with Crippen LogP contribution < -0.4 is 5.32 Å². The Morgan fingerprint density at radius 3 is 2.24 bits per heavy atom. The summed E-state index contributed by atoms with van der Waals surface area (Å²) in [7, 11) is 0. The molecule has 1 aliphatic carbocycles. The second-order valence-corrected chi connectivity index (χ2v) is 7.36. The summed E-state index contributed by atoms with van der Waals surface area (Å²) in [5.74, 6) is 3.19. The van der Waals surface area contributed by atoms with Gasteiger partial charge in [-0.2, -0.15) is 0 Å². The van der Waals surface area contributed by atoms with E-state index in [-0.39, 0.29) is 0 Å². The van der Waals surface area contributed by atoms with Gasteiger partial charge in [-0.3, -0.25) is 0 Å². The van der Waals surface area contributed by atoms with E-state index in [2.05, 4.69) is 63.3 Å². The van der Waals surface area contributed by atoms with Crippen LogP contribution in [0.15, 0.2) is 30.3 Å². The lowest BCUT2D eigenvalue weighted by Gasteiger charge is -2.40. The lowest BCUT2D eigenvalue weighted by Crippen LogP contribution is -2.43. The molecule has 118 valence electrons. The van der Waals surface area contributed by atoms with Crippen molar-refractivity contribution in [1.82, 2.24) is 5.32 Å². The maximum absolute atomic E-state index is 3.88. The van der Waals surface area contributed by atoms with Crippen molar-refractivity contribution in [3.8, 4) is 0 Å². The number of rotatable bonds is 6. The molecule has 1 fully saturated rings. The fourth-order valence-electron chi connectivity index (χ4n) is 4.33. The highest BCUT2D eigenvalue weighted by atomic mass is 14.9. The first-order chi connectivity index (χ1) is 10.1. The average Bonchev–Trinajstić information content (AvgIpc) is 2.47. The summed E-state index contributed by atoms with van der Waals surface area (Å²) in [6.45, 7) is 10.7. The second-order valence-electron chi connectivity index (χ2n) is 7.36. The topological polar surface area (TPSA) is 12.0 Å². The Balaban J connectivity index is 2.13. The van der Waals surface area contributed by atoms with Crippen LogP contribution in [-0.4, -0.2) is 12.6 Å². The third-order valence-corrected chi connectivity index (χ3v) is 5.22. The predicted molar refractivity (Wildman–Crippen MR) is 92.6 cm³/mol. The molecule has 4 atom stereocenters. The Labute approximate surface area is 131 Å². The van der Waals surface area contributed by atoms with Gasteiger partial charge >= 0.3 is 0 Å². The molecule has 0 spiro atoms. The molecule has 1 nitrogen and oxygen atoms in total. The van der Waals surface area contributed by atoms with E-state index in [9.17, 15) is 0 Å². The monoisotopic (exact) mass is 287 g/mol. The lowest BCUT2D eigenvalue weighted by molar-refractivity contribution is 0.164. The summed E-state index contributed by atoms with van der Waals surface area (Å²) < 4.78 is 0. The van der Waals surface area contributed by atoms with Crippen LogP contribution in [0.1, 0.15) is 64.9 Å². The maximum Gasteiger partial charge on any atom is 0.0162 e. The van der Waals surface area contributed by atoms with Crippen LogP contribution in [0.25, 0.3) is 0 Å². The van der Waals surface area contributed by atoms with E-state index in [0.29, 0.717) is 12.0 Å². The molecule has 1 aromatic carbocycles. The molecule has 1 heteroatoms. The van der Waals surface area contributed by atoms with E-state index in [1.165, 1.54) is 31.2 Å². The third kappa shape index (κ3) is 4.57. The van der Waals surface area contributed by atoms with Gasteiger partial charge in [0, 0.05) is 6.04 Å². The molecule has 1 aliphatic rings. The molecule has 0 radical (unpaired) electrons. The third-order valence-electron chi connectivity index (χ3n) is 5.22. The first kappa shape index (κ1) is 16.5. The van der Waals surface area contributed by atoms with Crippen molar-refractivity contribution in [2.24, 2.45) is 17.8 Å². The summed E-state index contributed by atoms with van der Waals surface area (Å²) in [6.07, 6.45) is 5.42. The zero-order valence-corrected chi connectivity index (χ0v) is 14.3. The Kier molecular flexibility index (Phi) is 6.29. The average molecular weight is 287 g/mol. The molecule has 1 saturated carbocycles. The van der Waals surface area contributed by atoms with Crippen molar-refractivity contribution in [3.05, 3.63) is 35.9 Å². The van der Waals surface area contributed by atoms with Gasteiger partial charge in [0.15, 0.2) is 0 Å². The van der Waals surface area contributed by atoms with E-state index in [1.54, 1.807) is 0 Å². The number of hydrogen-bond donors (Lipinski definition) is 1. The molecule has 0 amide bonds. The summed E-state index contributed by atoms with van der Waals surface area (Å²) in [5.41, 5.74) is 1.48. The molecule has 2 rings (SSSR count). The zero-order valence-electron chi connectivity index (χ0n) is 14.3. The molecular formula is C20H33N. The van der Waals surface area contributed by atoms with Gasteiger partial charge in [-0.15, -0.1) is 0 Å². The number of hydrogen-bond acceptors (Lipinski definition) is 1. The first-order valence-electron chi connectivity index (χ1n) is 8.90. The van der Waals surface area contributed by atoms with Crippen molar-refractivity contribution in [2.45, 2.75) is 65.3 Å². The minimum atomic E-state index is 0.597. The van der Waals surface area contributed by atoms with E-state index in [0.717, 1.165) is 24.3 Å². The lowest BCUT2D eigenvalue weighted by atomic mass is 9.70. The highest BCUT2D eigenvalue weighted by Gasteiger charge is 2.32. The fraction of sp³-hybridized carbons (Fsp3) is 0.700. The second kappa shape index (κ2) is 7.98. The van der Waals surface area contributed by atoms with Crippen molar-refractivity contribution in [1.29, 1.82) is 0 Å². The molecule has 4 unspecified atom stereocenters. The SMILES string of the molecule is CCCNC(C1CC(C)CC(C)C1)C(C)c1ccccc1. The molecule has 0 saturated heterocycles. The van der Waals surface area contributed by atoms with Crippen LogP contribution in [0.2, 0.25) is 0 Å². The van der Waals surface area contributed by atoms with Crippen molar-refractivity contribution in [2.75, 3.05) is 6.54 Å². The quantitative estimate of drug-likeness (QED) is 0.755. The highest BCUT2D eigenvalue weighted by molar-refractivity contribution is 5.21. The van der Waals surface area contributed by atoms with Gasteiger partial charge in [-0.05, 0) is 61.5 Å². The van der Waals surface area contributed by atoms with Crippen molar-refractivity contribution >= 4 is 0 Å². The first-order valence-corrected chi connectivity index (χ1v) is 8.90. The molecule has 0 bridgehead atoms. The van der Waals surface area contributed by atoms with E-state index in [4.69, 9.17) is 0 Å². The molecule has 21 heavy (non-hydrogen) atoms. The van der Waals surface area contributed by atoms with Crippen LogP contribution in [0, 0.1) is 17.8 Å². The smallest absolute Gasteiger partial charge is 0.0162 e. The van der Waals surface area contributed by atoms with E-state index in [1.807, 2.05) is 0 Å². The molecule has 1 N–H and O–H groups in total. The largest absolute Gasteiger partial charge is 0.313 e. The number of benzene rings is 1. The summed E-state index contributed by atoms with van der Waals surface area (Å²) >= 11 is 0. The molecule has 1 aromatic rings. The normalized spacial score (nSPS) is 29.0. The van der Waals surface area contributed by atoms with Gasteiger partial charge in [0.1, 0.15) is 0 Å². The van der Waals surface area contributed by atoms with Crippen molar-refractivity contribution < 1.29 is 0 Å². The molecule has 0 aromatic heterocycles. The van der Waals surface area contributed by atoms with Gasteiger partial charge in [0.2, 0.25) is 0 Å². The summed E-state index contributed by atoms with van der Waals surface area (Å²) in [4.78, 5) is 0. The van der Waals surface area contributed by atoms with Gasteiger partial charge in [0.25, 0.3) is 0 Å². The van der Waals surface area contributed by atoms with Crippen molar-refractivity contribution in [3.63, 3.8) is 0 Å². The Morgan fingerprint density at radius 2 is 1.67 bits per heavy atom. The standard InChI is InChI=1S/C20H33N/c1-5-11-21-20(17(4)18-9-7-6-8-10-18)19-13-15(2)12-16(3)14-19/h6-10,15-17,19-21H,5,11-14H2,1-4H3. The van der Waals surface area contributed by atoms with Gasteiger partial charge in [-0.1, -0.05) is 58.0 Å². The summed E-state index contributed by atoms with van der Waals surface area (Å²) in [5, 5.41) is 3.88. The molecule has 0 aliphatic heterocycles.